The van der Waals surface area contributed by atoms with Crippen LogP contribution in [0.1, 0.15) is 49.2 Å². The van der Waals surface area contributed by atoms with Crippen LogP contribution in [0, 0.1) is 0 Å². The molecule has 0 aliphatic carbocycles. The summed E-state index contributed by atoms with van der Waals surface area (Å²) in [4.78, 5) is 20.5. The minimum Gasteiger partial charge on any atom is -0.493 e. The molecule has 3 aromatic rings. The number of hydrogen-bond donors (Lipinski definition) is 1. The van der Waals surface area contributed by atoms with E-state index in [1.807, 2.05) is 30.3 Å². The van der Waals surface area contributed by atoms with Crippen LogP contribution in [0.3, 0.4) is 0 Å². The van der Waals surface area contributed by atoms with E-state index in [0.29, 0.717) is 46.3 Å². The highest BCUT2D eigenvalue weighted by molar-refractivity contribution is 6.42. The van der Waals surface area contributed by atoms with Gasteiger partial charge < -0.3 is 19.5 Å². The number of para-hydroxylation sites is 1. The highest BCUT2D eigenvalue weighted by Gasteiger charge is 2.24. The van der Waals surface area contributed by atoms with E-state index < -0.39 is 0 Å². The van der Waals surface area contributed by atoms with Gasteiger partial charge in [-0.05, 0) is 51.4 Å². The fraction of sp³-hybridized carbons (Fsp3) is 0.448. The summed E-state index contributed by atoms with van der Waals surface area (Å²) < 4.78 is 17.4. The lowest BCUT2D eigenvalue weighted by Gasteiger charge is -2.35. The van der Waals surface area contributed by atoms with Crippen molar-refractivity contribution in [1.82, 2.24) is 15.2 Å². The number of aromatic nitrogens is 1. The molecule has 1 aliphatic rings. The number of hydrogen-bond acceptors (Lipinski definition) is 6. The van der Waals surface area contributed by atoms with Crippen LogP contribution in [-0.2, 0) is 11.3 Å². The molecule has 0 spiro atoms. The first-order valence-corrected chi connectivity index (χ1v) is 13.8. The van der Waals surface area contributed by atoms with E-state index in [-0.39, 0.29) is 24.2 Å². The van der Waals surface area contributed by atoms with Gasteiger partial charge in [-0.15, -0.1) is 0 Å². The fourth-order valence-electron chi connectivity index (χ4n) is 4.60. The minimum absolute atomic E-state index is 0.0682. The van der Waals surface area contributed by atoms with Crippen LogP contribution in [0.15, 0.2) is 42.5 Å². The van der Waals surface area contributed by atoms with Crippen molar-refractivity contribution in [2.75, 3.05) is 33.4 Å². The molecule has 1 fully saturated rings. The maximum atomic E-state index is 13.4. The predicted molar refractivity (Wildman–Crippen MR) is 152 cm³/mol. The molecule has 38 heavy (non-hydrogen) atoms. The SMILES string of the molecule is COCCCOc1cc(C(=O)N[C@@H]2CCCN(C(C)C)C2)nc2c(OCc3cccc(Cl)c3Cl)cccc12. The van der Waals surface area contributed by atoms with E-state index in [1.54, 1.807) is 19.2 Å². The number of carbonyl (C=O) groups is 1. The van der Waals surface area contributed by atoms with Crippen LogP contribution < -0.4 is 14.8 Å². The summed E-state index contributed by atoms with van der Waals surface area (Å²) in [7, 11) is 1.66. The first-order chi connectivity index (χ1) is 18.4. The molecule has 0 bridgehead atoms. The van der Waals surface area contributed by atoms with Gasteiger partial charge in [0, 0.05) is 55.8 Å². The van der Waals surface area contributed by atoms with Gasteiger partial charge in [0.25, 0.3) is 5.91 Å². The molecular formula is C29H35Cl2N3O4. The zero-order chi connectivity index (χ0) is 27.1. The van der Waals surface area contributed by atoms with Gasteiger partial charge >= 0.3 is 0 Å². The molecule has 0 radical (unpaired) electrons. The minimum atomic E-state index is -0.225. The Morgan fingerprint density at radius 3 is 2.74 bits per heavy atom. The number of benzene rings is 2. The molecule has 1 atom stereocenters. The zero-order valence-electron chi connectivity index (χ0n) is 22.1. The predicted octanol–water partition coefficient (Wildman–Crippen LogP) is 6.14. The molecule has 9 heteroatoms. The van der Waals surface area contributed by atoms with Gasteiger partial charge in [0.15, 0.2) is 0 Å². The first kappa shape index (κ1) is 28.4. The number of fused-ring (bicyclic) bond motifs is 1. The third-order valence-electron chi connectivity index (χ3n) is 6.68. The van der Waals surface area contributed by atoms with Crippen molar-refractivity contribution in [1.29, 1.82) is 0 Å². The number of nitrogens with zero attached hydrogens (tertiary/aromatic N) is 2. The largest absolute Gasteiger partial charge is 0.493 e. The van der Waals surface area contributed by atoms with Crippen LogP contribution in [0.4, 0.5) is 0 Å². The molecule has 7 nitrogen and oxygen atoms in total. The average molecular weight is 561 g/mol. The van der Waals surface area contributed by atoms with E-state index in [1.165, 1.54) is 0 Å². The first-order valence-electron chi connectivity index (χ1n) is 13.0. The quantitative estimate of drug-likeness (QED) is 0.284. The molecule has 204 valence electrons. The van der Waals surface area contributed by atoms with Crippen LogP contribution in [0.25, 0.3) is 10.9 Å². The number of carbonyl (C=O) groups excluding carboxylic acids is 1. The number of piperidine rings is 1. The van der Waals surface area contributed by atoms with Gasteiger partial charge in [0.2, 0.25) is 0 Å². The molecule has 2 aromatic carbocycles. The topological polar surface area (TPSA) is 72.9 Å². The summed E-state index contributed by atoms with van der Waals surface area (Å²) in [5.74, 6) is 0.880. The lowest BCUT2D eigenvalue weighted by atomic mass is 10.0. The van der Waals surface area contributed by atoms with Gasteiger partial charge in [-0.25, -0.2) is 4.98 Å². The Labute approximate surface area is 234 Å². The highest BCUT2D eigenvalue weighted by Crippen LogP contribution is 2.33. The second-order valence-corrected chi connectivity index (χ2v) is 10.5. The molecular weight excluding hydrogens is 525 g/mol. The van der Waals surface area contributed by atoms with E-state index in [4.69, 9.17) is 42.4 Å². The van der Waals surface area contributed by atoms with Crippen molar-refractivity contribution in [2.45, 2.75) is 51.8 Å². The number of amides is 1. The molecule has 1 aliphatic heterocycles. The smallest absolute Gasteiger partial charge is 0.270 e. The number of nitrogens with one attached hydrogen (secondary N) is 1. The van der Waals surface area contributed by atoms with E-state index in [0.717, 1.165) is 43.3 Å². The Bertz CT molecular complexity index is 1250. The molecule has 0 unspecified atom stereocenters. The Morgan fingerprint density at radius 2 is 1.95 bits per heavy atom. The summed E-state index contributed by atoms with van der Waals surface area (Å²) in [6.45, 7) is 7.47. The Morgan fingerprint density at radius 1 is 1.13 bits per heavy atom. The average Bonchev–Trinajstić information content (AvgIpc) is 2.91. The maximum absolute atomic E-state index is 13.4. The summed E-state index contributed by atoms with van der Waals surface area (Å²) in [5, 5.41) is 4.87. The van der Waals surface area contributed by atoms with Crippen LogP contribution in [0.2, 0.25) is 10.0 Å². The van der Waals surface area contributed by atoms with Crippen LogP contribution >= 0.6 is 23.2 Å². The van der Waals surface area contributed by atoms with Gasteiger partial charge in [-0.2, -0.15) is 0 Å². The number of likely N-dealkylation sites (tertiary alicyclic amines) is 1. The molecule has 1 N–H and O–H groups in total. The third-order valence-corrected chi connectivity index (χ3v) is 7.54. The molecule has 1 saturated heterocycles. The summed E-state index contributed by atoms with van der Waals surface area (Å²) >= 11 is 12.5. The van der Waals surface area contributed by atoms with Crippen molar-refractivity contribution in [3.8, 4) is 11.5 Å². The van der Waals surface area contributed by atoms with Gasteiger partial charge in [0.1, 0.15) is 29.3 Å². The molecule has 1 aromatic heterocycles. The van der Waals surface area contributed by atoms with Crippen molar-refractivity contribution in [2.24, 2.45) is 0 Å². The molecule has 0 saturated carbocycles. The number of pyridine rings is 1. The lowest BCUT2D eigenvalue weighted by molar-refractivity contribution is 0.0881. The number of halogens is 2. The number of methoxy groups -OCH3 is 1. The van der Waals surface area contributed by atoms with Crippen molar-refractivity contribution in [3.05, 3.63) is 63.8 Å². The van der Waals surface area contributed by atoms with Crippen molar-refractivity contribution >= 4 is 40.0 Å². The van der Waals surface area contributed by atoms with Crippen LogP contribution in [-0.4, -0.2) is 61.3 Å². The Balaban J connectivity index is 1.62. The van der Waals surface area contributed by atoms with Gasteiger partial charge in [-0.1, -0.05) is 41.4 Å². The molecule has 4 rings (SSSR count). The zero-order valence-corrected chi connectivity index (χ0v) is 23.6. The van der Waals surface area contributed by atoms with Gasteiger partial charge in [-0.3, -0.25) is 9.69 Å². The third kappa shape index (κ3) is 7.08. The number of ether oxygens (including phenoxy) is 3. The van der Waals surface area contributed by atoms with Crippen molar-refractivity contribution < 1.29 is 19.0 Å². The molecule has 1 amide bonds. The molecule has 2 heterocycles. The van der Waals surface area contributed by atoms with E-state index in [2.05, 4.69) is 24.1 Å². The second kappa shape index (κ2) is 13.5. The second-order valence-electron chi connectivity index (χ2n) is 9.76. The monoisotopic (exact) mass is 559 g/mol. The van der Waals surface area contributed by atoms with E-state index >= 15 is 0 Å². The Kier molecular flexibility index (Phi) is 10.1. The highest BCUT2D eigenvalue weighted by atomic mass is 35.5. The van der Waals surface area contributed by atoms with Crippen LogP contribution in [0.5, 0.6) is 11.5 Å². The lowest BCUT2D eigenvalue weighted by Crippen LogP contribution is -2.49. The standard InChI is InChI=1S/C29H35Cl2N3O4/c1-19(2)34-13-6-9-21(17-34)32-29(35)24-16-26(37-15-7-14-36-3)22-10-5-12-25(28(22)33-24)38-18-20-8-4-11-23(30)27(20)31/h4-5,8,10-12,16,19,21H,6-7,9,13-15,17-18H2,1-3H3,(H,32,35)/t21-/m1/s1. The van der Waals surface area contributed by atoms with Crippen molar-refractivity contribution in [3.63, 3.8) is 0 Å². The fourth-order valence-corrected chi connectivity index (χ4v) is 4.97. The normalized spacial score (nSPS) is 16.1. The number of rotatable bonds is 11. The summed E-state index contributed by atoms with van der Waals surface area (Å²) in [6.07, 6.45) is 2.71. The van der Waals surface area contributed by atoms with Gasteiger partial charge in [0.05, 0.1) is 16.7 Å². The Hall–Kier alpha value is -2.58. The summed E-state index contributed by atoms with van der Waals surface area (Å²) in [6, 6.07) is 13.3. The maximum Gasteiger partial charge on any atom is 0.270 e. The van der Waals surface area contributed by atoms with E-state index in [9.17, 15) is 4.79 Å². The summed E-state index contributed by atoms with van der Waals surface area (Å²) in [5.41, 5.74) is 1.60.